The zero-order chi connectivity index (χ0) is 10.7. The molecule has 0 saturated carbocycles. The Bertz CT molecular complexity index is 380. The minimum Gasteiger partial charge on any atom is -0.490 e. The molecule has 0 heterocycles. The fraction of sp³-hybridized carbons (Fsp3) is 0.364. The minimum atomic E-state index is 0.0580. The number of nitriles is 1. The van der Waals surface area contributed by atoms with Crippen LogP contribution in [0, 0.1) is 18.3 Å². The van der Waals surface area contributed by atoms with E-state index in [1.54, 1.807) is 12.1 Å². The van der Waals surface area contributed by atoms with Crippen molar-refractivity contribution in [1.82, 2.24) is 0 Å². The maximum atomic E-state index is 8.86. The van der Waals surface area contributed by atoms with Crippen molar-refractivity contribution in [2.45, 2.75) is 26.9 Å². The predicted molar refractivity (Wildman–Crippen MR) is 56.7 cm³/mol. The Hall–Kier alpha value is -1.20. The molecule has 0 aliphatic rings. The maximum absolute atomic E-state index is 8.86. The van der Waals surface area contributed by atoms with Gasteiger partial charge in [-0.1, -0.05) is 11.6 Å². The van der Waals surface area contributed by atoms with Gasteiger partial charge in [0.15, 0.2) is 0 Å². The van der Waals surface area contributed by atoms with E-state index in [0.717, 1.165) is 5.56 Å². The molecule has 1 rings (SSSR count). The summed E-state index contributed by atoms with van der Waals surface area (Å²) in [6, 6.07) is 5.49. The summed E-state index contributed by atoms with van der Waals surface area (Å²) in [5.74, 6) is 0.601. The van der Waals surface area contributed by atoms with Gasteiger partial charge in [-0.3, -0.25) is 0 Å². The molecule has 0 atom stereocenters. The molecule has 1 aromatic carbocycles. The average molecular weight is 210 g/mol. The molecule has 1 aromatic rings. The number of halogens is 1. The highest BCUT2D eigenvalue weighted by molar-refractivity contribution is 6.31. The second-order valence-electron chi connectivity index (χ2n) is 3.38. The molecule has 0 unspecified atom stereocenters. The molecule has 0 spiro atoms. The molecule has 0 fully saturated rings. The summed E-state index contributed by atoms with van der Waals surface area (Å²) >= 11 is 5.89. The molecule has 0 bridgehead atoms. The summed E-state index contributed by atoms with van der Waals surface area (Å²) in [5.41, 5.74) is 1.40. The lowest BCUT2D eigenvalue weighted by Crippen LogP contribution is -2.07. The Morgan fingerprint density at radius 2 is 2.07 bits per heavy atom. The molecule has 0 amide bonds. The second kappa shape index (κ2) is 4.34. The third kappa shape index (κ3) is 2.40. The van der Waals surface area contributed by atoms with Gasteiger partial charge in [-0.2, -0.15) is 5.26 Å². The van der Waals surface area contributed by atoms with Crippen molar-refractivity contribution >= 4 is 11.6 Å². The summed E-state index contributed by atoms with van der Waals surface area (Å²) < 4.78 is 5.49. The van der Waals surface area contributed by atoms with Crippen LogP contribution in [0.1, 0.15) is 25.0 Å². The van der Waals surface area contributed by atoms with Crippen LogP contribution in [0.5, 0.6) is 5.75 Å². The van der Waals surface area contributed by atoms with E-state index in [-0.39, 0.29) is 6.10 Å². The third-order valence-electron chi connectivity index (χ3n) is 1.74. The van der Waals surface area contributed by atoms with Gasteiger partial charge >= 0.3 is 0 Å². The van der Waals surface area contributed by atoms with Gasteiger partial charge in [-0.15, -0.1) is 0 Å². The number of ether oxygens (including phenoxy) is 1. The first-order chi connectivity index (χ1) is 6.54. The minimum absolute atomic E-state index is 0.0580. The lowest BCUT2D eigenvalue weighted by atomic mass is 10.1. The summed E-state index contributed by atoms with van der Waals surface area (Å²) in [4.78, 5) is 0. The number of hydrogen-bond donors (Lipinski definition) is 0. The van der Waals surface area contributed by atoms with E-state index in [0.29, 0.717) is 16.3 Å². The van der Waals surface area contributed by atoms with Gasteiger partial charge < -0.3 is 4.74 Å². The molecular weight excluding hydrogens is 198 g/mol. The highest BCUT2D eigenvalue weighted by Crippen LogP contribution is 2.26. The van der Waals surface area contributed by atoms with E-state index < -0.39 is 0 Å². The lowest BCUT2D eigenvalue weighted by molar-refractivity contribution is 0.241. The van der Waals surface area contributed by atoms with Crippen molar-refractivity contribution in [3.8, 4) is 11.8 Å². The fourth-order valence-corrected chi connectivity index (χ4v) is 1.26. The maximum Gasteiger partial charge on any atom is 0.137 e. The van der Waals surface area contributed by atoms with Crippen LogP contribution in [-0.4, -0.2) is 6.10 Å². The fourth-order valence-electron chi connectivity index (χ4n) is 1.09. The van der Waals surface area contributed by atoms with Crippen LogP contribution < -0.4 is 4.74 Å². The van der Waals surface area contributed by atoms with Crippen LogP contribution in [0.15, 0.2) is 12.1 Å². The van der Waals surface area contributed by atoms with Gasteiger partial charge in [0.2, 0.25) is 0 Å². The molecule has 0 aliphatic heterocycles. The third-order valence-corrected chi connectivity index (χ3v) is 2.15. The van der Waals surface area contributed by atoms with Crippen LogP contribution in [0.3, 0.4) is 0 Å². The van der Waals surface area contributed by atoms with Gasteiger partial charge in [-0.05, 0) is 38.5 Å². The van der Waals surface area contributed by atoms with Crippen molar-refractivity contribution in [3.63, 3.8) is 0 Å². The highest BCUT2D eigenvalue weighted by Gasteiger charge is 2.08. The summed E-state index contributed by atoms with van der Waals surface area (Å²) in [7, 11) is 0. The van der Waals surface area contributed by atoms with Gasteiger partial charge in [0.25, 0.3) is 0 Å². The smallest absolute Gasteiger partial charge is 0.137 e. The Morgan fingerprint density at radius 3 is 2.57 bits per heavy atom. The number of aryl methyl sites for hydroxylation is 1. The number of benzene rings is 1. The summed E-state index contributed by atoms with van der Waals surface area (Å²) in [5, 5.41) is 9.45. The van der Waals surface area contributed by atoms with E-state index in [4.69, 9.17) is 21.6 Å². The number of hydrogen-bond acceptors (Lipinski definition) is 2. The molecule has 3 heteroatoms. The Balaban J connectivity index is 3.15. The standard InChI is InChI=1S/C11H12ClNO/c1-7(2)14-11-4-8(3)10(12)5-9(11)6-13/h4-5,7H,1-3H3. The second-order valence-corrected chi connectivity index (χ2v) is 3.78. The summed E-state index contributed by atoms with van der Waals surface area (Å²) in [6.45, 7) is 5.73. The van der Waals surface area contributed by atoms with Crippen molar-refractivity contribution < 1.29 is 4.74 Å². The normalized spacial score (nSPS) is 10.0. The largest absolute Gasteiger partial charge is 0.490 e. The molecule has 0 aliphatic carbocycles. The van der Waals surface area contributed by atoms with Crippen molar-refractivity contribution in [2.75, 3.05) is 0 Å². The van der Waals surface area contributed by atoms with Crippen molar-refractivity contribution in [1.29, 1.82) is 5.26 Å². The topological polar surface area (TPSA) is 33.0 Å². The van der Waals surface area contributed by atoms with E-state index in [2.05, 4.69) is 6.07 Å². The molecule has 74 valence electrons. The first-order valence-corrected chi connectivity index (χ1v) is 4.79. The Labute approximate surface area is 89.1 Å². The van der Waals surface area contributed by atoms with E-state index in [1.165, 1.54) is 0 Å². The Morgan fingerprint density at radius 1 is 1.43 bits per heavy atom. The monoisotopic (exact) mass is 209 g/mol. The lowest BCUT2D eigenvalue weighted by Gasteiger charge is -2.12. The predicted octanol–water partition coefficient (Wildman–Crippen LogP) is 3.31. The van der Waals surface area contributed by atoms with Crippen molar-refractivity contribution in [2.24, 2.45) is 0 Å². The molecule has 14 heavy (non-hydrogen) atoms. The van der Waals surface area contributed by atoms with Crippen LogP contribution >= 0.6 is 11.6 Å². The van der Waals surface area contributed by atoms with Gasteiger partial charge in [0, 0.05) is 5.02 Å². The zero-order valence-electron chi connectivity index (χ0n) is 8.47. The molecule has 0 N–H and O–H groups in total. The zero-order valence-corrected chi connectivity index (χ0v) is 9.22. The number of rotatable bonds is 2. The molecule has 0 aromatic heterocycles. The van der Waals surface area contributed by atoms with E-state index in [9.17, 15) is 0 Å². The van der Waals surface area contributed by atoms with Gasteiger partial charge in [-0.25, -0.2) is 0 Å². The highest BCUT2D eigenvalue weighted by atomic mass is 35.5. The van der Waals surface area contributed by atoms with Crippen LogP contribution in [0.4, 0.5) is 0 Å². The summed E-state index contributed by atoms with van der Waals surface area (Å²) in [6.07, 6.45) is 0.0580. The first-order valence-electron chi connectivity index (χ1n) is 4.41. The van der Waals surface area contributed by atoms with E-state index >= 15 is 0 Å². The van der Waals surface area contributed by atoms with Crippen molar-refractivity contribution in [3.05, 3.63) is 28.3 Å². The van der Waals surface area contributed by atoms with Gasteiger partial charge in [0.05, 0.1) is 11.7 Å². The Kier molecular flexibility index (Phi) is 3.38. The van der Waals surface area contributed by atoms with Crippen LogP contribution in [0.25, 0.3) is 0 Å². The molecule has 2 nitrogen and oxygen atoms in total. The SMILES string of the molecule is Cc1cc(OC(C)C)c(C#N)cc1Cl. The van der Waals surface area contributed by atoms with Gasteiger partial charge in [0.1, 0.15) is 11.8 Å². The molecule has 0 radical (unpaired) electrons. The van der Waals surface area contributed by atoms with E-state index in [1.807, 2.05) is 20.8 Å². The first kappa shape index (κ1) is 10.9. The molecular formula is C11H12ClNO. The van der Waals surface area contributed by atoms with Crippen LogP contribution in [0.2, 0.25) is 5.02 Å². The average Bonchev–Trinajstić information content (AvgIpc) is 2.10. The quantitative estimate of drug-likeness (QED) is 0.749. The number of nitrogens with zero attached hydrogens (tertiary/aromatic N) is 1. The molecule has 0 saturated heterocycles. The van der Waals surface area contributed by atoms with Crippen LogP contribution in [-0.2, 0) is 0 Å².